The van der Waals surface area contributed by atoms with E-state index in [2.05, 4.69) is 5.32 Å². The van der Waals surface area contributed by atoms with E-state index in [4.69, 9.17) is 0 Å². The van der Waals surface area contributed by atoms with Crippen molar-refractivity contribution >= 4 is 35.1 Å². The molecule has 0 radical (unpaired) electrons. The number of para-hydroxylation sites is 1. The number of anilines is 1. The average molecular weight is 237 g/mol. The Morgan fingerprint density at radius 1 is 1.20 bits per heavy atom. The Bertz CT molecular complexity index is 375. The zero-order valence-electron chi connectivity index (χ0n) is 8.10. The molecule has 0 atom stereocenters. The van der Waals surface area contributed by atoms with Gasteiger partial charge in [0.25, 0.3) is 5.91 Å². The number of hydrogen-bond acceptors (Lipinski definition) is 3. The van der Waals surface area contributed by atoms with Gasteiger partial charge in [0.2, 0.25) is 0 Å². The molecule has 1 amide bonds. The van der Waals surface area contributed by atoms with Gasteiger partial charge in [0.15, 0.2) is 0 Å². The van der Waals surface area contributed by atoms with E-state index in [1.54, 1.807) is 23.5 Å². The van der Waals surface area contributed by atoms with Crippen LogP contribution in [0.1, 0.15) is 0 Å². The maximum Gasteiger partial charge on any atom is 0.262 e. The van der Waals surface area contributed by atoms with E-state index in [0.717, 1.165) is 22.1 Å². The molecular formula is C11H11NOS2. The second-order valence-electron chi connectivity index (χ2n) is 3.02. The van der Waals surface area contributed by atoms with E-state index >= 15 is 0 Å². The maximum absolute atomic E-state index is 11.8. The van der Waals surface area contributed by atoms with Crippen molar-refractivity contribution < 1.29 is 4.79 Å². The van der Waals surface area contributed by atoms with Gasteiger partial charge in [-0.2, -0.15) is 0 Å². The molecule has 0 bridgehead atoms. The summed E-state index contributed by atoms with van der Waals surface area (Å²) in [6, 6.07) is 9.53. The highest BCUT2D eigenvalue weighted by molar-refractivity contribution is 8.10. The molecule has 0 unspecified atom stereocenters. The largest absolute Gasteiger partial charge is 0.322 e. The summed E-state index contributed by atoms with van der Waals surface area (Å²) in [4.78, 5) is 12.6. The molecule has 1 heterocycles. The first-order valence-electron chi connectivity index (χ1n) is 4.67. The Kier molecular flexibility index (Phi) is 3.75. The molecule has 0 aliphatic carbocycles. The second-order valence-corrected chi connectivity index (χ2v) is 5.14. The van der Waals surface area contributed by atoms with E-state index in [1.165, 1.54) is 0 Å². The quantitative estimate of drug-likeness (QED) is 0.857. The van der Waals surface area contributed by atoms with Gasteiger partial charge in [-0.25, -0.2) is 0 Å². The number of benzene rings is 1. The number of nitrogens with one attached hydrogen (secondary N) is 1. The fourth-order valence-electron chi connectivity index (χ4n) is 1.20. The third-order valence-electron chi connectivity index (χ3n) is 1.90. The number of thioether (sulfide) groups is 2. The van der Waals surface area contributed by atoms with Gasteiger partial charge < -0.3 is 5.32 Å². The molecule has 0 spiro atoms. The van der Waals surface area contributed by atoms with E-state index in [9.17, 15) is 4.79 Å². The molecular weight excluding hydrogens is 226 g/mol. The van der Waals surface area contributed by atoms with Gasteiger partial charge >= 0.3 is 0 Å². The van der Waals surface area contributed by atoms with Crippen molar-refractivity contribution in [2.45, 2.75) is 0 Å². The first-order valence-corrected chi connectivity index (χ1v) is 6.71. The fourth-order valence-corrected chi connectivity index (χ4v) is 3.17. The van der Waals surface area contributed by atoms with Crippen molar-refractivity contribution in [1.29, 1.82) is 0 Å². The molecule has 0 saturated heterocycles. The summed E-state index contributed by atoms with van der Waals surface area (Å²) < 4.78 is 0. The van der Waals surface area contributed by atoms with Crippen molar-refractivity contribution in [3.63, 3.8) is 0 Å². The van der Waals surface area contributed by atoms with Crippen LogP contribution in [0.25, 0.3) is 0 Å². The van der Waals surface area contributed by atoms with Crippen LogP contribution < -0.4 is 5.32 Å². The number of hydrogen-bond donors (Lipinski definition) is 1. The predicted molar refractivity (Wildman–Crippen MR) is 68.1 cm³/mol. The molecule has 1 aromatic carbocycles. The summed E-state index contributed by atoms with van der Waals surface area (Å²) in [5.74, 6) is 2.10. The maximum atomic E-state index is 11.8. The summed E-state index contributed by atoms with van der Waals surface area (Å²) in [6.45, 7) is 0. The third-order valence-corrected chi connectivity index (χ3v) is 4.18. The Morgan fingerprint density at radius 2 is 2.00 bits per heavy atom. The summed E-state index contributed by atoms with van der Waals surface area (Å²) >= 11 is 3.32. The van der Waals surface area contributed by atoms with Crippen molar-refractivity contribution in [2.24, 2.45) is 0 Å². The molecule has 2 rings (SSSR count). The summed E-state index contributed by atoms with van der Waals surface area (Å²) in [5.41, 5.74) is 0.847. The topological polar surface area (TPSA) is 29.1 Å². The predicted octanol–water partition coefficient (Wildman–Crippen LogP) is 2.95. The zero-order chi connectivity index (χ0) is 10.5. The lowest BCUT2D eigenvalue weighted by Crippen LogP contribution is -2.14. The lowest BCUT2D eigenvalue weighted by molar-refractivity contribution is -0.112. The van der Waals surface area contributed by atoms with E-state index < -0.39 is 0 Å². The summed E-state index contributed by atoms with van der Waals surface area (Å²) in [6.07, 6.45) is 0. The van der Waals surface area contributed by atoms with Crippen LogP contribution in [0.3, 0.4) is 0 Å². The van der Waals surface area contributed by atoms with Gasteiger partial charge in [0, 0.05) is 17.2 Å². The van der Waals surface area contributed by atoms with Gasteiger partial charge in [-0.15, -0.1) is 23.5 Å². The molecule has 0 saturated carbocycles. The minimum atomic E-state index is -0.00148. The van der Waals surface area contributed by atoms with Gasteiger partial charge in [-0.1, -0.05) is 18.2 Å². The van der Waals surface area contributed by atoms with Gasteiger partial charge in [-0.3, -0.25) is 4.79 Å². The molecule has 4 heteroatoms. The number of rotatable bonds is 2. The minimum Gasteiger partial charge on any atom is -0.322 e. The third kappa shape index (κ3) is 3.04. The summed E-state index contributed by atoms with van der Waals surface area (Å²) in [5, 5.41) is 4.81. The van der Waals surface area contributed by atoms with Crippen LogP contribution in [0.2, 0.25) is 0 Å². The zero-order valence-corrected chi connectivity index (χ0v) is 9.74. The Hall–Kier alpha value is -0.870. The average Bonchev–Trinajstić information content (AvgIpc) is 2.31. The molecule has 78 valence electrons. The summed E-state index contributed by atoms with van der Waals surface area (Å²) in [7, 11) is 0. The first-order chi connectivity index (χ1) is 7.36. The van der Waals surface area contributed by atoms with Crippen molar-refractivity contribution in [3.05, 3.63) is 40.6 Å². The van der Waals surface area contributed by atoms with Crippen LogP contribution >= 0.6 is 23.5 Å². The van der Waals surface area contributed by atoms with Crippen LogP contribution in [0.15, 0.2) is 40.6 Å². The molecule has 1 aliphatic heterocycles. The smallest absolute Gasteiger partial charge is 0.262 e. The van der Waals surface area contributed by atoms with Crippen molar-refractivity contribution in [1.82, 2.24) is 0 Å². The van der Waals surface area contributed by atoms with Crippen LogP contribution in [0, 0.1) is 0 Å². The van der Waals surface area contributed by atoms with Gasteiger partial charge in [0.05, 0.1) is 4.91 Å². The molecule has 15 heavy (non-hydrogen) atoms. The van der Waals surface area contributed by atoms with Crippen LogP contribution in [0.5, 0.6) is 0 Å². The van der Waals surface area contributed by atoms with Crippen LogP contribution in [-0.4, -0.2) is 17.4 Å². The van der Waals surface area contributed by atoms with Crippen molar-refractivity contribution in [2.75, 3.05) is 16.8 Å². The normalized spacial score (nSPS) is 15.6. The first kappa shape index (κ1) is 10.6. The van der Waals surface area contributed by atoms with Crippen LogP contribution in [-0.2, 0) is 4.79 Å². The lowest BCUT2D eigenvalue weighted by atomic mass is 10.3. The Morgan fingerprint density at radius 3 is 2.67 bits per heavy atom. The van der Waals surface area contributed by atoms with Gasteiger partial charge in [-0.05, 0) is 17.5 Å². The standard InChI is InChI=1S/C11H11NOS2/c13-11(10-8-14-6-7-15-10)12-9-4-2-1-3-5-9/h1-5,8H,6-7H2,(H,12,13). The highest BCUT2D eigenvalue weighted by atomic mass is 32.2. The molecule has 1 aliphatic rings. The highest BCUT2D eigenvalue weighted by Gasteiger charge is 2.12. The monoisotopic (exact) mass is 237 g/mol. The highest BCUT2D eigenvalue weighted by Crippen LogP contribution is 2.27. The SMILES string of the molecule is O=C(Nc1ccccc1)C1=CSCCS1. The number of carbonyl (C=O) groups excluding carboxylic acids is 1. The number of amides is 1. The van der Waals surface area contributed by atoms with E-state index in [0.29, 0.717) is 0 Å². The molecule has 0 fully saturated rings. The molecule has 1 aromatic rings. The molecule has 1 N–H and O–H groups in total. The second kappa shape index (κ2) is 5.28. The van der Waals surface area contributed by atoms with Crippen molar-refractivity contribution in [3.8, 4) is 0 Å². The fraction of sp³-hybridized carbons (Fsp3) is 0.182. The Labute approximate surface area is 97.5 Å². The molecule has 2 nitrogen and oxygen atoms in total. The number of carbonyl (C=O) groups is 1. The molecule has 0 aromatic heterocycles. The van der Waals surface area contributed by atoms with Gasteiger partial charge in [0.1, 0.15) is 0 Å². The minimum absolute atomic E-state index is 0.00148. The lowest BCUT2D eigenvalue weighted by Gasteiger charge is -2.11. The van der Waals surface area contributed by atoms with E-state index in [1.807, 2.05) is 35.7 Å². The Balaban J connectivity index is 2.00. The van der Waals surface area contributed by atoms with E-state index in [-0.39, 0.29) is 5.91 Å². The van der Waals surface area contributed by atoms with Crippen LogP contribution in [0.4, 0.5) is 5.69 Å².